The number of nitrogens with one attached hydrogen (secondary N) is 2. The van der Waals surface area contributed by atoms with Crippen molar-refractivity contribution in [2.24, 2.45) is 0 Å². The second kappa shape index (κ2) is 6.68. The van der Waals surface area contributed by atoms with Crippen LogP contribution in [0.15, 0.2) is 42.5 Å². The number of hydrogen-bond donors (Lipinski definition) is 2. The summed E-state index contributed by atoms with van der Waals surface area (Å²) >= 11 is 11.2. The molecule has 104 valence electrons. The van der Waals surface area contributed by atoms with Gasteiger partial charge in [-0.2, -0.15) is 0 Å². The lowest BCUT2D eigenvalue weighted by atomic mass is 10.2. The molecule has 2 aromatic carbocycles. The van der Waals surface area contributed by atoms with Gasteiger partial charge in [-0.05, 0) is 54.5 Å². The molecular formula is C15H14ClFN2S. The van der Waals surface area contributed by atoms with E-state index in [2.05, 4.69) is 10.6 Å². The summed E-state index contributed by atoms with van der Waals surface area (Å²) in [7, 11) is 0. The smallest absolute Gasteiger partial charge is 0.171 e. The van der Waals surface area contributed by atoms with Crippen molar-refractivity contribution in [2.45, 2.75) is 13.5 Å². The molecule has 5 heteroatoms. The average Bonchev–Trinajstić information content (AvgIpc) is 2.42. The molecule has 0 aliphatic rings. The van der Waals surface area contributed by atoms with Crippen LogP contribution >= 0.6 is 23.8 Å². The molecule has 0 aromatic heterocycles. The lowest BCUT2D eigenvalue weighted by Gasteiger charge is -2.13. The average molecular weight is 309 g/mol. The Hall–Kier alpha value is -1.65. The molecule has 0 heterocycles. The predicted octanol–water partition coefficient (Wildman–Crippen LogP) is 4.27. The van der Waals surface area contributed by atoms with Gasteiger partial charge < -0.3 is 10.6 Å². The van der Waals surface area contributed by atoms with Gasteiger partial charge in [0.25, 0.3) is 0 Å². The molecule has 0 bridgehead atoms. The Bertz CT molecular complexity index is 614. The molecule has 0 aliphatic carbocycles. The summed E-state index contributed by atoms with van der Waals surface area (Å²) in [5, 5.41) is 7.31. The van der Waals surface area contributed by atoms with Crippen LogP contribution in [-0.4, -0.2) is 5.11 Å². The summed E-state index contributed by atoms with van der Waals surface area (Å²) in [5.74, 6) is -0.246. The molecule has 2 N–H and O–H groups in total. The number of benzene rings is 2. The van der Waals surface area contributed by atoms with Gasteiger partial charge in [0.05, 0.1) is 0 Å². The van der Waals surface area contributed by atoms with E-state index in [1.165, 1.54) is 12.1 Å². The van der Waals surface area contributed by atoms with E-state index in [-0.39, 0.29) is 5.82 Å². The van der Waals surface area contributed by atoms with E-state index in [0.717, 1.165) is 16.8 Å². The van der Waals surface area contributed by atoms with E-state index in [1.54, 1.807) is 12.1 Å². The maximum Gasteiger partial charge on any atom is 0.171 e. The van der Waals surface area contributed by atoms with E-state index >= 15 is 0 Å². The third-order valence-corrected chi connectivity index (χ3v) is 3.30. The van der Waals surface area contributed by atoms with Crippen LogP contribution in [0.4, 0.5) is 10.1 Å². The van der Waals surface area contributed by atoms with Crippen LogP contribution < -0.4 is 10.6 Å². The maximum atomic E-state index is 12.8. The number of hydrogen-bond acceptors (Lipinski definition) is 1. The van der Waals surface area contributed by atoms with Crippen molar-refractivity contribution < 1.29 is 4.39 Å². The van der Waals surface area contributed by atoms with Crippen molar-refractivity contribution in [1.29, 1.82) is 0 Å². The first kappa shape index (κ1) is 14.8. The molecule has 0 unspecified atom stereocenters. The van der Waals surface area contributed by atoms with Gasteiger partial charge in [-0.15, -0.1) is 0 Å². The zero-order valence-corrected chi connectivity index (χ0v) is 12.5. The van der Waals surface area contributed by atoms with Crippen LogP contribution in [0.1, 0.15) is 11.1 Å². The molecule has 0 saturated carbocycles. The first-order valence-corrected chi connectivity index (χ1v) is 6.88. The molecule has 0 atom stereocenters. The summed E-state index contributed by atoms with van der Waals surface area (Å²) in [6.45, 7) is 2.51. The number of rotatable bonds is 3. The highest BCUT2D eigenvalue weighted by Crippen LogP contribution is 2.20. The highest BCUT2D eigenvalue weighted by molar-refractivity contribution is 7.80. The maximum absolute atomic E-state index is 12.8. The van der Waals surface area contributed by atoms with Crippen LogP contribution in [0.3, 0.4) is 0 Å². The van der Waals surface area contributed by atoms with Gasteiger partial charge >= 0.3 is 0 Å². The van der Waals surface area contributed by atoms with Crippen molar-refractivity contribution in [3.63, 3.8) is 0 Å². The molecule has 0 aliphatic heterocycles. The first-order valence-electron chi connectivity index (χ1n) is 6.10. The highest BCUT2D eigenvalue weighted by atomic mass is 35.5. The minimum absolute atomic E-state index is 0.246. The minimum atomic E-state index is -0.246. The van der Waals surface area contributed by atoms with Crippen LogP contribution in [0.5, 0.6) is 0 Å². The van der Waals surface area contributed by atoms with Gasteiger partial charge in [0.2, 0.25) is 0 Å². The van der Waals surface area contributed by atoms with Gasteiger partial charge in [-0.25, -0.2) is 4.39 Å². The molecule has 2 nitrogen and oxygen atoms in total. The second-order valence-electron chi connectivity index (χ2n) is 4.39. The second-order valence-corrected chi connectivity index (χ2v) is 5.24. The largest absolute Gasteiger partial charge is 0.358 e. The lowest BCUT2D eigenvalue weighted by molar-refractivity contribution is 0.627. The molecule has 2 rings (SSSR count). The van der Waals surface area contributed by atoms with Crippen LogP contribution in [-0.2, 0) is 6.54 Å². The molecule has 20 heavy (non-hydrogen) atoms. The highest BCUT2D eigenvalue weighted by Gasteiger charge is 2.02. The summed E-state index contributed by atoms with van der Waals surface area (Å²) in [6, 6.07) is 11.9. The summed E-state index contributed by atoms with van der Waals surface area (Å²) in [5.41, 5.74) is 2.88. The fourth-order valence-electron chi connectivity index (χ4n) is 1.68. The van der Waals surface area contributed by atoms with E-state index < -0.39 is 0 Å². The number of halogens is 2. The van der Waals surface area contributed by atoms with Crippen molar-refractivity contribution in [3.05, 3.63) is 64.4 Å². The zero-order chi connectivity index (χ0) is 14.5. The summed E-state index contributed by atoms with van der Waals surface area (Å²) in [4.78, 5) is 0. The molecule has 0 saturated heterocycles. The standard InChI is InChI=1S/C15H14ClFN2S/c1-10-2-5-12(16)8-14(10)19-15(20)18-9-11-3-6-13(17)7-4-11/h2-8H,9H2,1H3,(H2,18,19,20). The number of anilines is 1. The monoisotopic (exact) mass is 308 g/mol. The molecule has 0 fully saturated rings. The molecule has 2 aromatic rings. The fraction of sp³-hybridized carbons (Fsp3) is 0.133. The van der Waals surface area contributed by atoms with Crippen LogP contribution in [0.25, 0.3) is 0 Å². The zero-order valence-electron chi connectivity index (χ0n) is 10.9. The fourth-order valence-corrected chi connectivity index (χ4v) is 2.03. The van der Waals surface area contributed by atoms with E-state index in [0.29, 0.717) is 16.7 Å². The Balaban J connectivity index is 1.92. The Morgan fingerprint density at radius 1 is 1.20 bits per heavy atom. The molecule has 0 spiro atoms. The molecule has 0 amide bonds. The Labute approximate surface area is 128 Å². The van der Waals surface area contributed by atoms with Crippen molar-refractivity contribution in [1.82, 2.24) is 5.32 Å². The van der Waals surface area contributed by atoms with Crippen LogP contribution in [0, 0.1) is 12.7 Å². The molecule has 0 radical (unpaired) electrons. The number of thiocarbonyl (C=S) groups is 1. The third-order valence-electron chi connectivity index (χ3n) is 2.81. The van der Waals surface area contributed by atoms with E-state index in [1.807, 2.05) is 25.1 Å². The Morgan fingerprint density at radius 2 is 1.90 bits per heavy atom. The van der Waals surface area contributed by atoms with Gasteiger partial charge in [-0.3, -0.25) is 0 Å². The van der Waals surface area contributed by atoms with Gasteiger partial charge in [0.15, 0.2) is 5.11 Å². The normalized spacial score (nSPS) is 10.2. The van der Waals surface area contributed by atoms with Gasteiger partial charge in [-0.1, -0.05) is 29.8 Å². The predicted molar refractivity (Wildman–Crippen MR) is 85.6 cm³/mol. The lowest BCUT2D eigenvalue weighted by Crippen LogP contribution is -2.28. The van der Waals surface area contributed by atoms with E-state index in [9.17, 15) is 4.39 Å². The van der Waals surface area contributed by atoms with Crippen molar-refractivity contribution >= 4 is 34.6 Å². The molecular weight excluding hydrogens is 295 g/mol. The Kier molecular flexibility index (Phi) is 4.93. The van der Waals surface area contributed by atoms with Crippen molar-refractivity contribution in [3.8, 4) is 0 Å². The Morgan fingerprint density at radius 3 is 2.60 bits per heavy atom. The topological polar surface area (TPSA) is 24.1 Å². The van der Waals surface area contributed by atoms with Gasteiger partial charge in [0, 0.05) is 17.3 Å². The first-order chi connectivity index (χ1) is 9.54. The SMILES string of the molecule is Cc1ccc(Cl)cc1NC(=S)NCc1ccc(F)cc1. The van der Waals surface area contributed by atoms with Crippen LogP contribution in [0.2, 0.25) is 5.02 Å². The minimum Gasteiger partial charge on any atom is -0.358 e. The van der Waals surface area contributed by atoms with Crippen molar-refractivity contribution in [2.75, 3.05) is 5.32 Å². The quantitative estimate of drug-likeness (QED) is 0.828. The summed E-state index contributed by atoms with van der Waals surface area (Å²) in [6.07, 6.45) is 0. The number of aryl methyl sites for hydroxylation is 1. The van der Waals surface area contributed by atoms with E-state index in [4.69, 9.17) is 23.8 Å². The van der Waals surface area contributed by atoms with Gasteiger partial charge in [0.1, 0.15) is 5.82 Å². The third kappa shape index (κ3) is 4.18. The summed E-state index contributed by atoms with van der Waals surface area (Å²) < 4.78 is 12.8.